The molecule has 1 aliphatic heterocycles. The van der Waals surface area contributed by atoms with Crippen molar-refractivity contribution < 1.29 is 8.42 Å². The predicted molar refractivity (Wildman–Crippen MR) is 76.9 cm³/mol. The number of nitrogens with one attached hydrogen (secondary N) is 1. The van der Waals surface area contributed by atoms with Crippen LogP contribution in [0.15, 0.2) is 0 Å². The monoisotopic (exact) mass is 286 g/mol. The second-order valence-corrected chi connectivity index (χ2v) is 7.79. The van der Waals surface area contributed by atoms with Gasteiger partial charge in [-0.1, -0.05) is 13.3 Å². The van der Waals surface area contributed by atoms with Gasteiger partial charge in [0.2, 0.25) is 0 Å². The van der Waals surface area contributed by atoms with Gasteiger partial charge in [-0.05, 0) is 19.8 Å². The Morgan fingerprint density at radius 2 is 2.21 bits per heavy atom. The first-order chi connectivity index (χ1) is 8.76. The minimum Gasteiger partial charge on any atom is -0.394 e. The summed E-state index contributed by atoms with van der Waals surface area (Å²) >= 11 is 0. The summed E-state index contributed by atoms with van der Waals surface area (Å²) in [6.07, 6.45) is 2.41. The summed E-state index contributed by atoms with van der Waals surface area (Å²) in [7, 11) is -1.11. The highest BCUT2D eigenvalue weighted by atomic mass is 32.2. The third-order valence-electron chi connectivity index (χ3n) is 3.57. The normalized spacial score (nSPS) is 25.6. The molecule has 0 saturated carbocycles. The van der Waals surface area contributed by atoms with Crippen LogP contribution < -0.4 is 11.1 Å². The molecule has 0 radical (unpaired) electrons. The first-order valence-electron chi connectivity index (χ1n) is 6.56. The lowest BCUT2D eigenvalue weighted by molar-refractivity contribution is 0.565. The zero-order valence-corrected chi connectivity index (χ0v) is 12.5. The van der Waals surface area contributed by atoms with Crippen molar-refractivity contribution in [2.45, 2.75) is 38.6 Å². The van der Waals surface area contributed by atoms with Crippen LogP contribution in [0.3, 0.4) is 0 Å². The van der Waals surface area contributed by atoms with E-state index in [1.165, 1.54) is 0 Å². The molecule has 0 aliphatic carbocycles. The van der Waals surface area contributed by atoms with Gasteiger partial charge in [-0.2, -0.15) is 5.10 Å². The first kappa shape index (κ1) is 14.2. The van der Waals surface area contributed by atoms with E-state index < -0.39 is 15.4 Å². The fourth-order valence-corrected chi connectivity index (χ4v) is 4.65. The molecule has 2 rings (SSSR count). The molecule has 0 bridgehead atoms. The maximum absolute atomic E-state index is 11.6. The van der Waals surface area contributed by atoms with Crippen LogP contribution in [-0.2, 0) is 23.3 Å². The molecule has 1 unspecified atom stereocenters. The molecule has 0 aromatic carbocycles. The Kier molecular flexibility index (Phi) is 3.51. The highest BCUT2D eigenvalue weighted by molar-refractivity contribution is 7.91. The summed E-state index contributed by atoms with van der Waals surface area (Å²) in [4.78, 5) is 0. The quantitative estimate of drug-likeness (QED) is 0.860. The second-order valence-electron chi connectivity index (χ2n) is 5.61. The highest BCUT2D eigenvalue weighted by Crippen LogP contribution is 2.31. The molecular weight excluding hydrogens is 264 g/mol. The van der Waals surface area contributed by atoms with Crippen LogP contribution >= 0.6 is 0 Å². The van der Waals surface area contributed by atoms with Crippen LogP contribution in [0.1, 0.15) is 32.4 Å². The molecule has 0 amide bonds. The number of aryl methyl sites for hydroxylation is 2. The van der Waals surface area contributed by atoms with Gasteiger partial charge in [-0.15, -0.1) is 0 Å². The van der Waals surface area contributed by atoms with Crippen molar-refractivity contribution in [3.8, 4) is 0 Å². The van der Waals surface area contributed by atoms with Crippen LogP contribution in [0.2, 0.25) is 0 Å². The summed E-state index contributed by atoms with van der Waals surface area (Å²) in [5.74, 6) is 1.10. The Morgan fingerprint density at radius 3 is 2.74 bits per heavy atom. The van der Waals surface area contributed by atoms with Gasteiger partial charge < -0.3 is 11.1 Å². The first-order valence-corrected chi connectivity index (χ1v) is 8.38. The van der Waals surface area contributed by atoms with Crippen LogP contribution in [-0.4, -0.2) is 35.2 Å². The highest BCUT2D eigenvalue weighted by Gasteiger charge is 2.39. The number of nitrogen functional groups attached to an aromatic ring is 1. The SMILES string of the molecule is CCCc1nn(C)c(NC2(C)CCS(=O)(=O)C2)c1N. The van der Waals surface area contributed by atoms with Gasteiger partial charge >= 0.3 is 0 Å². The molecule has 7 heteroatoms. The number of hydrogen-bond acceptors (Lipinski definition) is 5. The lowest BCUT2D eigenvalue weighted by atomic mass is 10.0. The Balaban J connectivity index is 2.24. The van der Waals surface area contributed by atoms with E-state index in [-0.39, 0.29) is 11.5 Å². The van der Waals surface area contributed by atoms with Crippen molar-refractivity contribution in [2.24, 2.45) is 7.05 Å². The Morgan fingerprint density at radius 1 is 1.53 bits per heavy atom. The van der Waals surface area contributed by atoms with E-state index in [0.717, 1.165) is 24.4 Å². The third-order valence-corrected chi connectivity index (χ3v) is 5.47. The van der Waals surface area contributed by atoms with Gasteiger partial charge in [0.1, 0.15) is 5.82 Å². The number of nitrogens with two attached hydrogens (primary N) is 1. The molecule has 6 nitrogen and oxygen atoms in total. The van der Waals surface area contributed by atoms with Gasteiger partial charge in [0, 0.05) is 7.05 Å². The smallest absolute Gasteiger partial charge is 0.152 e. The topological polar surface area (TPSA) is 90.0 Å². The number of rotatable bonds is 4. The maximum atomic E-state index is 11.6. The fourth-order valence-electron chi connectivity index (χ4n) is 2.56. The number of nitrogens with zero attached hydrogens (tertiary/aromatic N) is 2. The number of anilines is 2. The Labute approximate surface area is 114 Å². The van der Waals surface area contributed by atoms with Crippen molar-refractivity contribution in [1.82, 2.24) is 9.78 Å². The molecule has 1 aromatic rings. The Bertz CT molecular complexity index is 579. The van der Waals surface area contributed by atoms with E-state index in [2.05, 4.69) is 17.3 Å². The van der Waals surface area contributed by atoms with E-state index in [4.69, 9.17) is 5.73 Å². The zero-order valence-electron chi connectivity index (χ0n) is 11.7. The van der Waals surface area contributed by atoms with Crippen LogP contribution in [0.4, 0.5) is 11.5 Å². The molecular formula is C12H22N4O2S. The van der Waals surface area contributed by atoms with Crippen molar-refractivity contribution in [3.05, 3.63) is 5.69 Å². The van der Waals surface area contributed by atoms with Crippen LogP contribution in [0.25, 0.3) is 0 Å². The van der Waals surface area contributed by atoms with Crippen LogP contribution in [0, 0.1) is 0 Å². The van der Waals surface area contributed by atoms with Crippen molar-refractivity contribution in [1.29, 1.82) is 0 Å². The van der Waals surface area contributed by atoms with Gasteiger partial charge in [0.05, 0.1) is 28.4 Å². The molecule has 1 fully saturated rings. The third kappa shape index (κ3) is 2.86. The number of hydrogen-bond donors (Lipinski definition) is 2. The summed E-state index contributed by atoms with van der Waals surface area (Å²) in [6.45, 7) is 4.00. The summed E-state index contributed by atoms with van der Waals surface area (Å²) in [5, 5.41) is 7.67. The van der Waals surface area contributed by atoms with Crippen molar-refractivity contribution >= 4 is 21.3 Å². The van der Waals surface area contributed by atoms with Gasteiger partial charge in [0.15, 0.2) is 9.84 Å². The van der Waals surface area contributed by atoms with E-state index in [9.17, 15) is 8.42 Å². The summed E-state index contributed by atoms with van der Waals surface area (Å²) in [6, 6.07) is 0. The maximum Gasteiger partial charge on any atom is 0.152 e. The van der Waals surface area contributed by atoms with Gasteiger partial charge in [-0.3, -0.25) is 4.68 Å². The largest absolute Gasteiger partial charge is 0.394 e. The molecule has 2 heterocycles. The van der Waals surface area contributed by atoms with E-state index in [1.54, 1.807) is 4.68 Å². The van der Waals surface area contributed by atoms with E-state index in [0.29, 0.717) is 12.1 Å². The van der Waals surface area contributed by atoms with Crippen molar-refractivity contribution in [3.63, 3.8) is 0 Å². The molecule has 108 valence electrons. The molecule has 19 heavy (non-hydrogen) atoms. The molecule has 1 saturated heterocycles. The second kappa shape index (κ2) is 4.70. The van der Waals surface area contributed by atoms with Crippen LogP contribution in [0.5, 0.6) is 0 Å². The zero-order chi connectivity index (χ0) is 14.3. The minimum absolute atomic E-state index is 0.147. The molecule has 1 atom stereocenters. The number of aromatic nitrogens is 2. The number of sulfone groups is 1. The molecule has 1 aliphatic rings. The minimum atomic E-state index is -2.94. The Hall–Kier alpha value is -1.24. The standard InChI is InChI=1S/C12H22N4O2S/c1-4-5-9-10(13)11(16(3)15-9)14-12(2)6-7-19(17,18)8-12/h14H,4-8,13H2,1-3H3. The average molecular weight is 286 g/mol. The lowest BCUT2D eigenvalue weighted by Gasteiger charge is -2.25. The van der Waals surface area contributed by atoms with Gasteiger partial charge in [-0.25, -0.2) is 8.42 Å². The predicted octanol–water partition coefficient (Wildman–Crippen LogP) is 0.944. The lowest BCUT2D eigenvalue weighted by Crippen LogP contribution is -2.37. The molecule has 1 aromatic heterocycles. The molecule has 0 spiro atoms. The van der Waals surface area contributed by atoms with Gasteiger partial charge in [0.25, 0.3) is 0 Å². The van der Waals surface area contributed by atoms with E-state index >= 15 is 0 Å². The van der Waals surface area contributed by atoms with E-state index in [1.807, 2.05) is 14.0 Å². The van der Waals surface area contributed by atoms with Crippen molar-refractivity contribution in [2.75, 3.05) is 22.6 Å². The fraction of sp³-hybridized carbons (Fsp3) is 0.750. The summed E-state index contributed by atoms with van der Waals surface area (Å²) < 4.78 is 24.9. The molecule has 3 N–H and O–H groups in total. The average Bonchev–Trinajstić information content (AvgIpc) is 2.71. The summed E-state index contributed by atoms with van der Waals surface area (Å²) in [5.41, 5.74) is 7.15.